The fraction of sp³-hybridized carbons (Fsp3) is 0.286. The molecule has 1 aliphatic carbocycles. The van der Waals surface area contributed by atoms with Crippen molar-refractivity contribution in [2.45, 2.75) is 25.6 Å². The second-order valence-electron chi connectivity index (χ2n) is 7.14. The first-order chi connectivity index (χ1) is 12.4. The molecule has 0 amide bonds. The van der Waals surface area contributed by atoms with Crippen LogP contribution in [0.4, 0.5) is 0 Å². The highest BCUT2D eigenvalue weighted by atomic mass is 16.7. The molecule has 5 nitrogen and oxygen atoms in total. The zero-order valence-corrected chi connectivity index (χ0v) is 14.5. The molecule has 2 atom stereocenters. The van der Waals surface area contributed by atoms with Crippen LogP contribution in [0.2, 0.25) is 0 Å². The van der Waals surface area contributed by atoms with Crippen LogP contribution in [0.25, 0.3) is 0 Å². The Labute approximate surface area is 150 Å². The Balaban J connectivity index is 1.80. The van der Waals surface area contributed by atoms with Crippen molar-refractivity contribution >= 4 is 17.7 Å². The largest absolute Gasteiger partial charge is 0.422 e. The van der Waals surface area contributed by atoms with Crippen molar-refractivity contribution in [1.82, 2.24) is 0 Å². The van der Waals surface area contributed by atoms with Crippen LogP contribution in [0.1, 0.15) is 35.7 Å². The summed E-state index contributed by atoms with van der Waals surface area (Å²) in [4.78, 5) is 38.8. The number of rotatable bonds is 3. The average molecular weight is 350 g/mol. The minimum Gasteiger partial charge on any atom is -0.422 e. The maximum Gasteiger partial charge on any atom is 0.328 e. The van der Waals surface area contributed by atoms with Crippen molar-refractivity contribution in [3.05, 3.63) is 71.8 Å². The Morgan fingerprint density at radius 3 is 1.88 bits per heavy atom. The summed E-state index contributed by atoms with van der Waals surface area (Å²) in [6, 6.07) is 17.8. The second-order valence-corrected chi connectivity index (χ2v) is 7.14. The van der Waals surface area contributed by atoms with E-state index in [0.29, 0.717) is 5.56 Å². The normalized spacial score (nSPS) is 25.3. The summed E-state index contributed by atoms with van der Waals surface area (Å²) in [5, 5.41) is 0. The third-order valence-corrected chi connectivity index (χ3v) is 5.06. The van der Waals surface area contributed by atoms with E-state index in [1.54, 1.807) is 30.3 Å². The van der Waals surface area contributed by atoms with Crippen molar-refractivity contribution in [3.63, 3.8) is 0 Å². The van der Waals surface area contributed by atoms with Crippen LogP contribution in [0.5, 0.6) is 0 Å². The summed E-state index contributed by atoms with van der Waals surface area (Å²) in [5.41, 5.74) is -0.403. The number of ether oxygens (including phenoxy) is 2. The molecule has 0 bridgehead atoms. The Kier molecular flexibility index (Phi) is 3.51. The summed E-state index contributed by atoms with van der Waals surface area (Å²) in [6.07, 6.45) is 0. The molecule has 132 valence electrons. The average Bonchev–Trinajstić information content (AvgIpc) is 3.32. The fourth-order valence-corrected chi connectivity index (χ4v) is 3.87. The van der Waals surface area contributed by atoms with E-state index in [1.165, 1.54) is 13.8 Å². The van der Waals surface area contributed by atoms with Gasteiger partial charge in [-0.05, 0) is 5.56 Å². The lowest BCUT2D eigenvalue weighted by Gasteiger charge is -2.34. The molecule has 4 rings (SSSR count). The van der Waals surface area contributed by atoms with Crippen molar-refractivity contribution in [2.24, 2.45) is 11.3 Å². The monoisotopic (exact) mass is 350 g/mol. The van der Waals surface area contributed by atoms with E-state index in [-0.39, 0.29) is 5.78 Å². The molecule has 2 fully saturated rings. The number of carbonyl (C=O) groups is 3. The third-order valence-electron chi connectivity index (χ3n) is 5.06. The summed E-state index contributed by atoms with van der Waals surface area (Å²) in [5.74, 6) is -4.39. The molecule has 1 saturated heterocycles. The molecule has 2 aromatic carbocycles. The van der Waals surface area contributed by atoms with Gasteiger partial charge in [0.05, 0.1) is 5.92 Å². The molecule has 1 heterocycles. The zero-order chi connectivity index (χ0) is 18.5. The Morgan fingerprint density at radius 2 is 1.35 bits per heavy atom. The molecule has 2 unspecified atom stereocenters. The molecule has 5 heteroatoms. The number of carbonyl (C=O) groups excluding carboxylic acids is 3. The molecular formula is C21H18O5. The van der Waals surface area contributed by atoms with E-state index in [2.05, 4.69) is 0 Å². The molecule has 0 N–H and O–H groups in total. The summed E-state index contributed by atoms with van der Waals surface area (Å²) in [7, 11) is 0. The second kappa shape index (κ2) is 5.53. The predicted molar refractivity (Wildman–Crippen MR) is 92.1 cm³/mol. The highest BCUT2D eigenvalue weighted by molar-refractivity contribution is 6.16. The van der Waals surface area contributed by atoms with Gasteiger partial charge in [-0.3, -0.25) is 14.4 Å². The maximum absolute atomic E-state index is 13.1. The molecule has 0 radical (unpaired) electrons. The van der Waals surface area contributed by atoms with E-state index in [9.17, 15) is 14.4 Å². The topological polar surface area (TPSA) is 69.7 Å². The SMILES string of the molecule is CC1(C)OC(=O)C2(C(=O)O1)C(C(=O)c1ccccc1)C2c1ccccc1. The molecule has 1 aliphatic heterocycles. The minimum atomic E-state index is -1.61. The quantitative estimate of drug-likeness (QED) is 0.483. The standard InChI is InChI=1S/C21H18O5/c1-20(2)25-18(23)21(19(24)26-20)15(13-9-5-3-6-10-13)16(21)17(22)14-11-7-4-8-12-14/h3-12,15-16H,1-2H3. The summed E-state index contributed by atoms with van der Waals surface area (Å²) < 4.78 is 10.7. The molecule has 1 saturated carbocycles. The lowest BCUT2D eigenvalue weighted by Crippen LogP contribution is -2.49. The summed E-state index contributed by atoms with van der Waals surface area (Å²) in [6.45, 7) is 3.01. The van der Waals surface area contributed by atoms with E-state index in [0.717, 1.165) is 5.56 Å². The van der Waals surface area contributed by atoms with Gasteiger partial charge < -0.3 is 9.47 Å². The molecular weight excluding hydrogens is 332 g/mol. The number of hydrogen-bond donors (Lipinski definition) is 0. The van der Waals surface area contributed by atoms with Gasteiger partial charge >= 0.3 is 11.9 Å². The fourth-order valence-electron chi connectivity index (χ4n) is 3.87. The predicted octanol–water partition coefficient (Wildman–Crippen LogP) is 3.11. The van der Waals surface area contributed by atoms with Crippen molar-refractivity contribution in [1.29, 1.82) is 0 Å². The smallest absolute Gasteiger partial charge is 0.328 e. The van der Waals surface area contributed by atoms with Gasteiger partial charge in [0.25, 0.3) is 5.79 Å². The molecule has 26 heavy (non-hydrogen) atoms. The van der Waals surface area contributed by atoms with Gasteiger partial charge in [-0.1, -0.05) is 60.7 Å². The molecule has 0 aromatic heterocycles. The van der Waals surface area contributed by atoms with Gasteiger partial charge in [-0.2, -0.15) is 0 Å². The molecule has 1 spiro atoms. The Morgan fingerprint density at radius 1 is 0.846 bits per heavy atom. The van der Waals surface area contributed by atoms with Crippen molar-refractivity contribution in [3.8, 4) is 0 Å². The highest BCUT2D eigenvalue weighted by Gasteiger charge is 2.81. The minimum absolute atomic E-state index is 0.256. The molecule has 2 aromatic rings. The van der Waals surface area contributed by atoms with Gasteiger partial charge in [-0.15, -0.1) is 0 Å². The van der Waals surface area contributed by atoms with Gasteiger partial charge in [0.15, 0.2) is 11.2 Å². The van der Waals surface area contributed by atoms with Crippen LogP contribution >= 0.6 is 0 Å². The number of esters is 2. The zero-order valence-electron chi connectivity index (χ0n) is 14.5. The van der Waals surface area contributed by atoms with Gasteiger partial charge in [0.2, 0.25) is 0 Å². The van der Waals surface area contributed by atoms with E-state index < -0.39 is 35.0 Å². The maximum atomic E-state index is 13.1. The van der Waals surface area contributed by atoms with E-state index in [4.69, 9.17) is 9.47 Å². The Hall–Kier alpha value is -2.95. The van der Waals surface area contributed by atoms with Crippen LogP contribution in [0, 0.1) is 11.3 Å². The van der Waals surface area contributed by atoms with Crippen LogP contribution in [0.15, 0.2) is 60.7 Å². The van der Waals surface area contributed by atoms with Crippen LogP contribution in [-0.4, -0.2) is 23.5 Å². The third kappa shape index (κ3) is 2.27. The van der Waals surface area contributed by atoms with Crippen molar-refractivity contribution < 1.29 is 23.9 Å². The number of Topliss-reactive ketones (excluding diaryl/α,β-unsaturated/α-hetero) is 1. The first kappa shape index (κ1) is 16.5. The van der Waals surface area contributed by atoms with Crippen LogP contribution in [0.3, 0.4) is 0 Å². The molecule has 2 aliphatic rings. The number of benzene rings is 2. The lowest BCUT2D eigenvalue weighted by molar-refractivity contribution is -0.243. The first-order valence-electron chi connectivity index (χ1n) is 8.49. The summed E-state index contributed by atoms with van der Waals surface area (Å²) >= 11 is 0. The lowest BCUT2D eigenvalue weighted by atomic mass is 9.96. The number of cyclic esters (lactones) is 2. The van der Waals surface area contributed by atoms with Gasteiger partial charge in [-0.25, -0.2) is 0 Å². The number of ketones is 1. The van der Waals surface area contributed by atoms with E-state index in [1.807, 2.05) is 30.3 Å². The van der Waals surface area contributed by atoms with Crippen LogP contribution in [-0.2, 0) is 19.1 Å². The number of hydrogen-bond acceptors (Lipinski definition) is 5. The highest BCUT2D eigenvalue weighted by Crippen LogP contribution is 2.68. The van der Waals surface area contributed by atoms with Gasteiger partial charge in [0, 0.05) is 25.3 Å². The van der Waals surface area contributed by atoms with Gasteiger partial charge in [0.1, 0.15) is 0 Å². The Bertz CT molecular complexity index is 865. The van der Waals surface area contributed by atoms with E-state index >= 15 is 0 Å². The van der Waals surface area contributed by atoms with Crippen LogP contribution < -0.4 is 0 Å². The van der Waals surface area contributed by atoms with Crippen molar-refractivity contribution in [2.75, 3.05) is 0 Å². The first-order valence-corrected chi connectivity index (χ1v) is 8.49.